The molecule has 0 aliphatic rings. The molecule has 4 amide bonds. The summed E-state index contributed by atoms with van der Waals surface area (Å²) in [5.41, 5.74) is 13.8. The molecule has 0 aromatic heterocycles. The van der Waals surface area contributed by atoms with Crippen LogP contribution in [0.25, 0.3) is 0 Å². The van der Waals surface area contributed by atoms with Crippen LogP contribution in [0.4, 0.5) is 21.0 Å². The van der Waals surface area contributed by atoms with Crippen LogP contribution in [-0.2, 0) is 25.7 Å². The van der Waals surface area contributed by atoms with Crippen LogP contribution >= 0.6 is 12.4 Å². The van der Waals surface area contributed by atoms with Crippen molar-refractivity contribution in [1.82, 2.24) is 16.0 Å². The van der Waals surface area contributed by atoms with Gasteiger partial charge in [0.2, 0.25) is 11.9 Å². The Kier molecular flexibility index (Phi) is 15.8. The van der Waals surface area contributed by atoms with Gasteiger partial charge in [0.05, 0.1) is 0 Å². The number of carbonyl (C=O) groups is 2. The summed E-state index contributed by atoms with van der Waals surface area (Å²) in [5, 5.41) is 23.8. The molecule has 2 rings (SSSR count). The zero-order chi connectivity index (χ0) is 32.4. The number of guanidine groups is 2. The number of urea groups is 2. The number of hydrogen-bond donors (Lipinski definition) is 6. The third-order valence-corrected chi connectivity index (χ3v) is 6.65. The molecule has 0 spiro atoms. The highest BCUT2D eigenvalue weighted by Gasteiger charge is 2.20. The Morgan fingerprint density at radius 2 is 1.02 bits per heavy atom. The average Bonchev–Trinajstić information content (AvgIpc) is 2.89. The number of amides is 4. The maximum Gasteiger partial charge on any atom is 0.321 e. The van der Waals surface area contributed by atoms with Crippen LogP contribution in [0.15, 0.2) is 24.3 Å². The van der Waals surface area contributed by atoms with E-state index >= 15 is 0 Å². The van der Waals surface area contributed by atoms with Gasteiger partial charge in [-0.25, -0.2) is 9.59 Å². The number of rotatable bonds is 6. The third-order valence-electron chi connectivity index (χ3n) is 6.65. The minimum Gasteiger partial charge on any atom is -0.351 e. The van der Waals surface area contributed by atoms with E-state index in [1.165, 1.54) is 22.3 Å². The van der Waals surface area contributed by atoms with Crippen LogP contribution in [0, 0.1) is 24.7 Å². The average molecular weight is 617 g/mol. The van der Waals surface area contributed by atoms with Crippen molar-refractivity contribution < 1.29 is 9.59 Å². The fourth-order valence-corrected chi connectivity index (χ4v) is 4.80. The zero-order valence-corrected chi connectivity index (χ0v) is 28.7. The molecule has 0 aliphatic heterocycles. The number of carbonyl (C=O) groups excluding carboxylic acids is 2. The SMILES string of the molecule is CCc1cc(C)cc(CC)c1N(C)C(=N)NC(=O)NC(C)(C)C.CCc1cc(C)cc(CC)c1N(C)C(=N)NC(N)=O.Cl. The lowest BCUT2D eigenvalue weighted by molar-refractivity contribution is 0.236. The van der Waals surface area contributed by atoms with Gasteiger partial charge >= 0.3 is 12.1 Å². The molecule has 43 heavy (non-hydrogen) atoms. The number of primary amides is 1. The van der Waals surface area contributed by atoms with Crippen molar-refractivity contribution in [3.63, 3.8) is 0 Å². The number of nitrogens with two attached hydrogens (primary N) is 1. The van der Waals surface area contributed by atoms with E-state index in [2.05, 4.69) is 81.8 Å². The predicted octanol–water partition coefficient (Wildman–Crippen LogP) is 6.17. The largest absolute Gasteiger partial charge is 0.351 e. The molecule has 0 aliphatic carbocycles. The maximum atomic E-state index is 12.0. The van der Waals surface area contributed by atoms with Crippen molar-refractivity contribution in [2.45, 2.75) is 93.5 Å². The smallest absolute Gasteiger partial charge is 0.321 e. The van der Waals surface area contributed by atoms with Crippen LogP contribution in [0.3, 0.4) is 0 Å². The van der Waals surface area contributed by atoms with Gasteiger partial charge in [0.25, 0.3) is 0 Å². The summed E-state index contributed by atoms with van der Waals surface area (Å²) >= 11 is 0. The number of benzene rings is 2. The van der Waals surface area contributed by atoms with Gasteiger partial charge in [-0.05, 0) is 82.6 Å². The van der Waals surface area contributed by atoms with Gasteiger partial charge in [0, 0.05) is 31.0 Å². The molecule has 0 fully saturated rings. The molecule has 0 radical (unpaired) electrons. The van der Waals surface area contributed by atoms with Gasteiger partial charge in [-0.2, -0.15) is 0 Å². The van der Waals surface area contributed by atoms with E-state index in [4.69, 9.17) is 16.6 Å². The Labute approximate surface area is 264 Å². The van der Waals surface area contributed by atoms with Gasteiger partial charge in [-0.1, -0.05) is 63.1 Å². The number of anilines is 2. The Bertz CT molecular complexity index is 1240. The first-order chi connectivity index (χ1) is 19.5. The van der Waals surface area contributed by atoms with Gasteiger partial charge < -0.3 is 20.9 Å². The van der Waals surface area contributed by atoms with E-state index in [0.717, 1.165) is 48.2 Å². The second-order valence-electron chi connectivity index (χ2n) is 11.4. The molecular weight excluding hydrogens is 564 g/mol. The van der Waals surface area contributed by atoms with E-state index < -0.39 is 6.03 Å². The molecule has 7 N–H and O–H groups in total. The van der Waals surface area contributed by atoms with E-state index in [1.54, 1.807) is 16.8 Å². The Morgan fingerprint density at radius 3 is 1.28 bits per heavy atom. The van der Waals surface area contributed by atoms with Crippen LogP contribution in [0.1, 0.15) is 81.8 Å². The van der Waals surface area contributed by atoms with Crippen LogP contribution in [0.2, 0.25) is 0 Å². The monoisotopic (exact) mass is 616 g/mol. The number of aryl methyl sites for hydroxylation is 6. The quantitative estimate of drug-likeness (QED) is 0.170. The minimum absolute atomic E-state index is 0. The summed E-state index contributed by atoms with van der Waals surface area (Å²) < 4.78 is 0. The highest BCUT2D eigenvalue weighted by molar-refractivity contribution is 6.04. The van der Waals surface area contributed by atoms with Crippen LogP contribution < -0.4 is 31.5 Å². The molecule has 0 saturated carbocycles. The number of halogens is 1. The Hall–Kier alpha value is -3.79. The van der Waals surface area contributed by atoms with Gasteiger partial charge in [0.15, 0.2) is 0 Å². The van der Waals surface area contributed by atoms with Crippen molar-refractivity contribution in [2.24, 2.45) is 5.73 Å². The fourth-order valence-electron chi connectivity index (χ4n) is 4.80. The second kappa shape index (κ2) is 17.4. The molecule has 2 aromatic carbocycles. The molecule has 10 nitrogen and oxygen atoms in total. The summed E-state index contributed by atoms with van der Waals surface area (Å²) in [6.07, 6.45) is 3.52. The van der Waals surface area contributed by atoms with Crippen LogP contribution in [-0.4, -0.2) is 43.6 Å². The summed E-state index contributed by atoms with van der Waals surface area (Å²) in [4.78, 5) is 26.2. The van der Waals surface area contributed by atoms with Crippen molar-refractivity contribution in [3.8, 4) is 0 Å². The van der Waals surface area contributed by atoms with Gasteiger partial charge in [0.1, 0.15) is 0 Å². The third kappa shape index (κ3) is 11.8. The first-order valence-electron chi connectivity index (χ1n) is 14.5. The minimum atomic E-state index is -0.722. The molecule has 0 heterocycles. The lowest BCUT2D eigenvalue weighted by Crippen LogP contribution is -2.51. The summed E-state index contributed by atoms with van der Waals surface area (Å²) in [5.74, 6) is 0.0563. The summed E-state index contributed by atoms with van der Waals surface area (Å²) in [6.45, 7) is 18.2. The van der Waals surface area contributed by atoms with Crippen molar-refractivity contribution >= 4 is 47.8 Å². The highest BCUT2D eigenvalue weighted by Crippen LogP contribution is 2.29. The summed E-state index contributed by atoms with van der Waals surface area (Å²) in [7, 11) is 3.59. The fraction of sp³-hybridized carbons (Fsp3) is 0.500. The van der Waals surface area contributed by atoms with E-state index in [1.807, 2.05) is 27.8 Å². The molecule has 240 valence electrons. The normalized spacial score (nSPS) is 10.4. The predicted molar refractivity (Wildman–Crippen MR) is 184 cm³/mol. The number of nitrogens with zero attached hydrogens (tertiary/aromatic N) is 2. The number of nitrogens with one attached hydrogen (secondary N) is 5. The second-order valence-corrected chi connectivity index (χ2v) is 11.4. The first kappa shape index (κ1) is 39.2. The standard InChI is InChI=1S/C18H30N4O.C14H22N4O.ClH/c1-8-13-10-12(3)11-14(9-2)15(13)22(7)16(19)20-17(23)21-18(4,5)6;1-5-10-7-9(3)8-11(6-2)12(10)18(4)13(15)17-14(16)19;/h10-11H,8-9H2,1-7H3,(H3,19,20,21,23);7-8H,5-6H2,1-4H3,(H4,15,16,17,19);1H. The topological polar surface area (TPSA) is 150 Å². The highest BCUT2D eigenvalue weighted by atomic mass is 35.5. The lowest BCUT2D eigenvalue weighted by atomic mass is 9.99. The Balaban J connectivity index is 0.000000815. The molecule has 11 heteroatoms. The first-order valence-corrected chi connectivity index (χ1v) is 14.5. The molecule has 0 bridgehead atoms. The lowest BCUT2D eigenvalue weighted by Gasteiger charge is -2.27. The number of hydrogen-bond acceptors (Lipinski definition) is 4. The van der Waals surface area contributed by atoms with E-state index in [0.29, 0.717) is 0 Å². The molecule has 0 atom stereocenters. The van der Waals surface area contributed by atoms with Crippen molar-refractivity contribution in [1.29, 1.82) is 10.8 Å². The van der Waals surface area contributed by atoms with Crippen molar-refractivity contribution in [3.05, 3.63) is 57.6 Å². The maximum absolute atomic E-state index is 12.0. The summed E-state index contributed by atoms with van der Waals surface area (Å²) in [6, 6.07) is 7.43. The van der Waals surface area contributed by atoms with E-state index in [9.17, 15) is 9.59 Å². The molecular formula is C32H53ClN8O2. The zero-order valence-electron chi connectivity index (χ0n) is 27.8. The van der Waals surface area contributed by atoms with Gasteiger partial charge in [-0.3, -0.25) is 21.5 Å². The van der Waals surface area contributed by atoms with Crippen molar-refractivity contribution in [2.75, 3.05) is 23.9 Å². The van der Waals surface area contributed by atoms with E-state index in [-0.39, 0.29) is 35.9 Å². The molecule has 0 saturated heterocycles. The van der Waals surface area contributed by atoms with Crippen LogP contribution in [0.5, 0.6) is 0 Å². The molecule has 2 aromatic rings. The van der Waals surface area contributed by atoms with Gasteiger partial charge in [-0.15, -0.1) is 12.4 Å². The Morgan fingerprint density at radius 1 is 0.721 bits per heavy atom. The molecule has 0 unspecified atom stereocenters.